The second-order valence-corrected chi connectivity index (χ2v) is 10.1. The highest BCUT2D eigenvalue weighted by molar-refractivity contribution is 6.00. The van der Waals surface area contributed by atoms with Crippen molar-refractivity contribution in [1.82, 2.24) is 20.2 Å². The van der Waals surface area contributed by atoms with Crippen LogP contribution in [0, 0.1) is 0 Å². The number of imidazole rings is 1. The molecule has 3 N–H and O–H groups in total. The molecule has 0 radical (unpaired) electrons. The Morgan fingerprint density at radius 3 is 2.69 bits per heavy atom. The van der Waals surface area contributed by atoms with Crippen LogP contribution in [0.2, 0.25) is 0 Å². The van der Waals surface area contributed by atoms with Crippen LogP contribution in [0.5, 0.6) is 6.01 Å². The average molecular weight is 529 g/mol. The van der Waals surface area contributed by atoms with E-state index in [0.717, 1.165) is 5.56 Å². The van der Waals surface area contributed by atoms with Crippen LogP contribution < -0.4 is 10.1 Å². The van der Waals surface area contributed by atoms with E-state index in [-0.39, 0.29) is 31.1 Å². The second-order valence-electron chi connectivity index (χ2n) is 10.1. The number of ether oxygens (including phenoxy) is 3. The van der Waals surface area contributed by atoms with E-state index < -0.39 is 17.6 Å². The van der Waals surface area contributed by atoms with Gasteiger partial charge in [-0.3, -0.25) is 9.69 Å². The molecule has 2 aliphatic heterocycles. The molecule has 2 amide bonds. The second kappa shape index (κ2) is 9.49. The number of amides is 2. The third-order valence-corrected chi connectivity index (χ3v) is 6.95. The number of aliphatic hydroxyl groups is 1. The van der Waals surface area contributed by atoms with Gasteiger partial charge in [0.05, 0.1) is 17.6 Å². The van der Waals surface area contributed by atoms with Crippen LogP contribution in [0.3, 0.4) is 0 Å². The molecule has 0 spiro atoms. The highest BCUT2D eigenvalue weighted by atomic mass is 16.7. The summed E-state index contributed by atoms with van der Waals surface area (Å²) in [4.78, 5) is 34.6. The van der Waals surface area contributed by atoms with Gasteiger partial charge in [-0.25, -0.2) is 4.79 Å². The summed E-state index contributed by atoms with van der Waals surface area (Å²) in [5.74, 6) is -0.944. The number of aromatic amines is 1. The first kappa shape index (κ1) is 25.1. The van der Waals surface area contributed by atoms with Crippen molar-refractivity contribution in [2.45, 2.75) is 38.0 Å². The molecule has 0 saturated carbocycles. The zero-order valence-electron chi connectivity index (χ0n) is 21.5. The predicted octanol–water partition coefficient (Wildman–Crippen LogP) is 3.65. The van der Waals surface area contributed by atoms with E-state index >= 15 is 0 Å². The van der Waals surface area contributed by atoms with Crippen molar-refractivity contribution >= 4 is 23.0 Å². The fraction of sp³-hybridized carbons (Fsp3) is 0.276. The third kappa shape index (κ3) is 4.63. The molecule has 1 saturated heterocycles. The molecule has 1 unspecified atom stereocenters. The van der Waals surface area contributed by atoms with Crippen molar-refractivity contribution in [3.8, 4) is 6.01 Å². The van der Waals surface area contributed by atoms with Gasteiger partial charge in [-0.15, -0.1) is 0 Å². The Hall–Kier alpha value is -4.25. The summed E-state index contributed by atoms with van der Waals surface area (Å²) in [7, 11) is 0. The lowest BCUT2D eigenvalue weighted by atomic mass is 9.93. The molecule has 200 valence electrons. The van der Waals surface area contributed by atoms with E-state index in [2.05, 4.69) is 15.3 Å². The number of benzene rings is 3. The van der Waals surface area contributed by atoms with Crippen molar-refractivity contribution in [3.05, 3.63) is 95.1 Å². The molecule has 4 aromatic rings. The smallest absolute Gasteiger partial charge is 0.375 e. The van der Waals surface area contributed by atoms with E-state index in [4.69, 9.17) is 14.2 Å². The molecule has 3 aromatic carbocycles. The van der Waals surface area contributed by atoms with Gasteiger partial charge >= 0.3 is 12.1 Å². The van der Waals surface area contributed by atoms with Crippen LogP contribution in [-0.4, -0.2) is 57.0 Å². The van der Waals surface area contributed by atoms with Crippen LogP contribution in [-0.2, 0) is 21.7 Å². The third-order valence-electron chi connectivity index (χ3n) is 6.95. The minimum atomic E-state index is -1.71. The molecule has 2 aliphatic rings. The Morgan fingerprint density at radius 2 is 1.92 bits per heavy atom. The number of nitrogens with zero attached hydrogens (tertiary/aromatic N) is 2. The molecule has 0 aliphatic carbocycles. The number of carbonyl (C=O) groups excluding carboxylic acids is 2. The summed E-state index contributed by atoms with van der Waals surface area (Å²) in [5.41, 5.74) is 1.67. The maximum Gasteiger partial charge on any atom is 0.415 e. The first-order valence-corrected chi connectivity index (χ1v) is 12.7. The van der Waals surface area contributed by atoms with E-state index in [9.17, 15) is 14.7 Å². The van der Waals surface area contributed by atoms with Crippen molar-refractivity contribution in [1.29, 1.82) is 0 Å². The monoisotopic (exact) mass is 528 g/mol. The number of fused-ring (bicyclic) bond motifs is 2. The Labute approximate surface area is 224 Å². The van der Waals surface area contributed by atoms with Gasteiger partial charge in [0.15, 0.2) is 11.5 Å². The summed E-state index contributed by atoms with van der Waals surface area (Å²) >= 11 is 0. The molecule has 10 nitrogen and oxygen atoms in total. The molecule has 10 heteroatoms. The van der Waals surface area contributed by atoms with Crippen LogP contribution in [0.25, 0.3) is 11.0 Å². The van der Waals surface area contributed by atoms with Crippen molar-refractivity contribution in [2.24, 2.45) is 0 Å². The fourth-order valence-corrected chi connectivity index (χ4v) is 5.11. The topological polar surface area (TPSA) is 126 Å². The van der Waals surface area contributed by atoms with Gasteiger partial charge in [0.2, 0.25) is 0 Å². The number of hydrogen-bond acceptors (Lipinski definition) is 7. The zero-order valence-corrected chi connectivity index (χ0v) is 21.5. The van der Waals surface area contributed by atoms with Gasteiger partial charge < -0.3 is 29.6 Å². The van der Waals surface area contributed by atoms with Gasteiger partial charge in [0, 0.05) is 29.8 Å². The molecule has 39 heavy (non-hydrogen) atoms. The van der Waals surface area contributed by atoms with E-state index in [0.29, 0.717) is 34.3 Å². The van der Waals surface area contributed by atoms with Gasteiger partial charge in [-0.2, -0.15) is 4.98 Å². The summed E-state index contributed by atoms with van der Waals surface area (Å²) in [6.45, 7) is 4.44. The highest BCUT2D eigenvalue weighted by Gasteiger charge is 2.49. The number of hydrogen-bond donors (Lipinski definition) is 3. The lowest BCUT2D eigenvalue weighted by molar-refractivity contribution is -0.137. The number of aromatic nitrogens is 2. The van der Waals surface area contributed by atoms with Crippen LogP contribution in [0.4, 0.5) is 4.79 Å². The number of rotatable bonds is 6. The maximum absolute atomic E-state index is 13.4. The predicted molar refractivity (Wildman–Crippen MR) is 141 cm³/mol. The Bertz CT molecular complexity index is 1550. The zero-order chi connectivity index (χ0) is 27.2. The van der Waals surface area contributed by atoms with Crippen LogP contribution in [0.15, 0.2) is 72.8 Å². The first-order chi connectivity index (χ1) is 18.7. The SMILES string of the molecule is CC1(C)OC[C@H](CNC(=O)Oc2nc3ccc(C4(O)c5ccccc5C(=O)N4Cc4ccccc4)cc3[nH]2)O1. The summed E-state index contributed by atoms with van der Waals surface area (Å²) in [6, 6.07) is 21.7. The van der Waals surface area contributed by atoms with Gasteiger partial charge in [-0.1, -0.05) is 54.6 Å². The molecule has 0 bridgehead atoms. The molecule has 6 rings (SSSR count). The minimum Gasteiger partial charge on any atom is -0.375 e. The van der Waals surface area contributed by atoms with Gasteiger partial charge in [0.1, 0.15) is 6.10 Å². The van der Waals surface area contributed by atoms with E-state index in [1.807, 2.05) is 44.2 Å². The fourth-order valence-electron chi connectivity index (χ4n) is 5.11. The van der Waals surface area contributed by atoms with Crippen LogP contribution >= 0.6 is 0 Å². The molecular weight excluding hydrogens is 500 g/mol. The van der Waals surface area contributed by atoms with E-state index in [1.165, 1.54) is 4.90 Å². The standard InChI is InChI=1S/C29H28N4O6/c1-28(2)37-17-20(39-28)15-30-27(35)38-26-31-23-13-12-19(14-24(23)32-26)29(36)22-11-7-6-10-21(22)25(34)33(29)16-18-8-4-3-5-9-18/h3-14,20,36H,15-17H2,1-2H3,(H,30,35)(H,31,32)/t20-,29?/m0/s1. The molecule has 3 heterocycles. The lowest BCUT2D eigenvalue weighted by Gasteiger charge is -2.35. The Balaban J connectivity index is 1.25. The molecule has 1 aromatic heterocycles. The summed E-state index contributed by atoms with van der Waals surface area (Å²) in [5, 5.41) is 14.8. The van der Waals surface area contributed by atoms with Crippen LogP contribution in [0.1, 0.15) is 40.9 Å². The van der Waals surface area contributed by atoms with Crippen molar-refractivity contribution < 1.29 is 28.9 Å². The maximum atomic E-state index is 13.4. The quantitative estimate of drug-likeness (QED) is 0.349. The minimum absolute atomic E-state index is 0.000370. The Kier molecular flexibility index (Phi) is 6.10. The first-order valence-electron chi connectivity index (χ1n) is 12.7. The number of H-pyrrole nitrogens is 1. The summed E-state index contributed by atoms with van der Waals surface area (Å²) < 4.78 is 16.5. The molecule has 2 atom stereocenters. The average Bonchev–Trinajstić information content (AvgIpc) is 3.56. The molecular formula is C29H28N4O6. The number of carbonyl (C=O) groups is 2. The normalized spacial score (nSPS) is 21.8. The van der Waals surface area contributed by atoms with Crippen molar-refractivity contribution in [2.75, 3.05) is 13.2 Å². The molecule has 1 fully saturated rings. The lowest BCUT2D eigenvalue weighted by Crippen LogP contribution is -2.44. The van der Waals surface area contributed by atoms with Gasteiger partial charge in [0.25, 0.3) is 5.91 Å². The van der Waals surface area contributed by atoms with Gasteiger partial charge in [-0.05, 0) is 37.6 Å². The van der Waals surface area contributed by atoms with E-state index in [1.54, 1.807) is 42.5 Å². The number of nitrogens with one attached hydrogen (secondary N) is 2. The largest absolute Gasteiger partial charge is 0.415 e. The Morgan fingerprint density at radius 1 is 1.15 bits per heavy atom. The van der Waals surface area contributed by atoms with Crippen molar-refractivity contribution in [3.63, 3.8) is 0 Å². The highest BCUT2D eigenvalue weighted by Crippen LogP contribution is 2.43. The summed E-state index contributed by atoms with van der Waals surface area (Å²) in [6.07, 6.45) is -0.965.